The third kappa shape index (κ3) is 4.27. The summed E-state index contributed by atoms with van der Waals surface area (Å²) < 4.78 is 0.741. The van der Waals surface area contributed by atoms with E-state index < -0.39 is 0 Å². The number of rotatable bonds is 6. The van der Waals surface area contributed by atoms with Gasteiger partial charge in [-0.15, -0.1) is 11.3 Å². The first kappa shape index (κ1) is 19.1. The average Bonchev–Trinajstić information content (AvgIpc) is 3.31. The van der Waals surface area contributed by atoms with Crippen LogP contribution in [0.15, 0.2) is 36.7 Å². The minimum absolute atomic E-state index is 0.0905. The summed E-state index contributed by atoms with van der Waals surface area (Å²) in [6.07, 6.45) is 5.65. The summed E-state index contributed by atoms with van der Waals surface area (Å²) in [5.74, 6) is 0.0905. The molecule has 0 spiro atoms. The Morgan fingerprint density at radius 3 is 3.00 bits per heavy atom. The van der Waals surface area contributed by atoms with Gasteiger partial charge in [0.05, 0.1) is 10.4 Å². The Bertz CT molecular complexity index is 952. The van der Waals surface area contributed by atoms with E-state index in [2.05, 4.69) is 20.9 Å². The molecule has 1 saturated heterocycles. The van der Waals surface area contributed by atoms with Crippen LogP contribution in [0.4, 0.5) is 0 Å². The van der Waals surface area contributed by atoms with E-state index in [1.807, 2.05) is 24.4 Å². The van der Waals surface area contributed by atoms with Gasteiger partial charge in [0.2, 0.25) is 5.91 Å². The second-order valence-corrected chi connectivity index (χ2v) is 8.78. The zero-order chi connectivity index (χ0) is 19.5. The number of nitrogens with one attached hydrogen (secondary N) is 1. The number of aryl methyl sites for hydroxylation is 1. The molecule has 1 N–H and O–H groups in total. The lowest BCUT2D eigenvalue weighted by Gasteiger charge is -2.38. The third-order valence-corrected chi connectivity index (χ3v) is 6.40. The first-order valence-electron chi connectivity index (χ1n) is 9.25. The number of piperazine rings is 1. The number of hydrogen-bond donors (Lipinski definition) is 1. The van der Waals surface area contributed by atoms with Gasteiger partial charge in [-0.3, -0.25) is 14.7 Å². The molecule has 6 nitrogen and oxygen atoms in total. The third-order valence-electron chi connectivity index (χ3n) is 5.11. The summed E-state index contributed by atoms with van der Waals surface area (Å²) in [7, 11) is 0. The maximum Gasteiger partial charge on any atom is 0.223 e. The van der Waals surface area contributed by atoms with Crippen LogP contribution in [0.1, 0.15) is 17.0 Å². The smallest absolute Gasteiger partial charge is 0.223 e. The molecule has 1 aliphatic rings. The molecule has 0 saturated carbocycles. The number of fused-ring (bicyclic) bond motifs is 1. The van der Waals surface area contributed by atoms with Crippen LogP contribution in [0.2, 0.25) is 4.34 Å². The van der Waals surface area contributed by atoms with Crippen molar-refractivity contribution in [2.45, 2.75) is 25.4 Å². The zero-order valence-corrected chi connectivity index (χ0v) is 16.9. The summed E-state index contributed by atoms with van der Waals surface area (Å²) in [5.41, 5.74) is 2.08. The number of nitrogens with zero attached hydrogens (tertiary/aromatic N) is 3. The Hall–Kier alpha value is -2.22. The van der Waals surface area contributed by atoms with Crippen LogP contribution < -0.4 is 0 Å². The number of hydrogen-bond acceptors (Lipinski definition) is 5. The van der Waals surface area contributed by atoms with Crippen LogP contribution >= 0.6 is 22.9 Å². The molecule has 4 rings (SSSR count). The number of H-pyrrole nitrogens is 1. The maximum atomic E-state index is 12.6. The van der Waals surface area contributed by atoms with Gasteiger partial charge in [-0.2, -0.15) is 0 Å². The molecule has 1 fully saturated rings. The van der Waals surface area contributed by atoms with Gasteiger partial charge >= 0.3 is 0 Å². The number of aldehydes is 1. The molecule has 0 aromatic carbocycles. The molecular formula is C20H21ClN4O2S. The number of pyridine rings is 1. The largest absolute Gasteiger partial charge is 0.357 e. The Kier molecular flexibility index (Phi) is 5.75. The highest BCUT2D eigenvalue weighted by atomic mass is 35.5. The Morgan fingerprint density at radius 2 is 2.25 bits per heavy atom. The molecule has 3 aromatic heterocycles. The van der Waals surface area contributed by atoms with Crippen molar-refractivity contribution < 1.29 is 9.59 Å². The van der Waals surface area contributed by atoms with Crippen LogP contribution in [0.5, 0.6) is 0 Å². The molecule has 0 radical (unpaired) electrons. The van der Waals surface area contributed by atoms with Crippen LogP contribution in [0, 0.1) is 0 Å². The summed E-state index contributed by atoms with van der Waals surface area (Å²) >= 11 is 7.45. The average molecular weight is 417 g/mol. The molecule has 28 heavy (non-hydrogen) atoms. The molecule has 1 atom stereocenters. The van der Waals surface area contributed by atoms with Gasteiger partial charge in [0.15, 0.2) is 0 Å². The SMILES string of the molecule is O=CC1CN(C(=O)CCc2ccc(Cl)s2)CCN1Cc1cc2cnccc2[nH]1. The first-order chi connectivity index (χ1) is 13.6. The van der Waals surface area contributed by atoms with E-state index in [-0.39, 0.29) is 11.9 Å². The molecule has 1 amide bonds. The highest BCUT2D eigenvalue weighted by molar-refractivity contribution is 7.16. The van der Waals surface area contributed by atoms with E-state index in [0.29, 0.717) is 39.0 Å². The quantitative estimate of drug-likeness (QED) is 0.627. The predicted molar refractivity (Wildman–Crippen MR) is 111 cm³/mol. The minimum Gasteiger partial charge on any atom is -0.357 e. The highest BCUT2D eigenvalue weighted by Crippen LogP contribution is 2.23. The standard InChI is InChI=1S/C20H21ClN4O2S/c21-19-3-1-17(28-19)2-4-20(27)25-8-7-24(16(12-25)13-26)11-15-9-14-10-22-6-5-18(14)23-15/h1,3,5-6,9-10,13,16,23H,2,4,7-8,11-12H2. The van der Waals surface area contributed by atoms with E-state index in [0.717, 1.165) is 32.1 Å². The molecule has 1 aliphatic heterocycles. The topological polar surface area (TPSA) is 69.3 Å². The molecular weight excluding hydrogens is 396 g/mol. The Labute approximate surface area is 172 Å². The second kappa shape index (κ2) is 8.43. The van der Waals surface area contributed by atoms with E-state index in [9.17, 15) is 9.59 Å². The molecule has 0 aliphatic carbocycles. The minimum atomic E-state index is -0.293. The van der Waals surface area contributed by atoms with Crippen LogP contribution in [0.3, 0.4) is 0 Å². The molecule has 4 heterocycles. The van der Waals surface area contributed by atoms with E-state index in [4.69, 9.17) is 11.6 Å². The zero-order valence-electron chi connectivity index (χ0n) is 15.3. The van der Waals surface area contributed by atoms with Crippen LogP contribution in [0.25, 0.3) is 10.9 Å². The number of amides is 1. The normalized spacial score (nSPS) is 17.9. The number of aromatic nitrogens is 2. The van der Waals surface area contributed by atoms with Gasteiger partial charge in [-0.25, -0.2) is 0 Å². The Morgan fingerprint density at radius 1 is 1.36 bits per heavy atom. The van der Waals surface area contributed by atoms with E-state index in [1.165, 1.54) is 11.3 Å². The molecule has 3 aromatic rings. The van der Waals surface area contributed by atoms with Crippen molar-refractivity contribution in [1.82, 2.24) is 19.8 Å². The lowest BCUT2D eigenvalue weighted by molar-refractivity contribution is -0.135. The number of carbonyl (C=O) groups is 2. The van der Waals surface area contributed by atoms with Gasteiger partial charge in [-0.1, -0.05) is 11.6 Å². The lowest BCUT2D eigenvalue weighted by Crippen LogP contribution is -2.55. The van der Waals surface area contributed by atoms with Gasteiger partial charge in [-0.05, 0) is 30.7 Å². The number of halogens is 1. The molecule has 0 bridgehead atoms. The molecule has 146 valence electrons. The van der Waals surface area contributed by atoms with E-state index >= 15 is 0 Å². The summed E-state index contributed by atoms with van der Waals surface area (Å²) in [6, 6.07) is 7.52. The van der Waals surface area contributed by atoms with Gasteiger partial charge < -0.3 is 14.7 Å². The fraction of sp³-hybridized carbons (Fsp3) is 0.350. The lowest BCUT2D eigenvalue weighted by atomic mass is 10.1. The van der Waals surface area contributed by atoms with Gasteiger partial charge in [0, 0.05) is 66.5 Å². The summed E-state index contributed by atoms with van der Waals surface area (Å²) in [4.78, 5) is 36.8. The van der Waals surface area contributed by atoms with Gasteiger partial charge in [0.1, 0.15) is 6.29 Å². The fourth-order valence-electron chi connectivity index (χ4n) is 3.61. The van der Waals surface area contributed by atoms with Crippen molar-refractivity contribution in [3.63, 3.8) is 0 Å². The van der Waals surface area contributed by atoms with Gasteiger partial charge in [0.25, 0.3) is 0 Å². The van der Waals surface area contributed by atoms with Crippen molar-refractivity contribution in [3.05, 3.63) is 51.6 Å². The Balaban J connectivity index is 1.35. The number of aromatic amines is 1. The van der Waals surface area contributed by atoms with Crippen molar-refractivity contribution in [1.29, 1.82) is 0 Å². The number of thiophene rings is 1. The van der Waals surface area contributed by atoms with Crippen LogP contribution in [-0.4, -0.2) is 57.6 Å². The van der Waals surface area contributed by atoms with Crippen molar-refractivity contribution in [3.8, 4) is 0 Å². The summed E-state index contributed by atoms with van der Waals surface area (Å²) in [6.45, 7) is 2.40. The predicted octanol–water partition coefficient (Wildman–Crippen LogP) is 3.12. The first-order valence-corrected chi connectivity index (χ1v) is 10.4. The van der Waals surface area contributed by atoms with E-state index in [1.54, 1.807) is 11.1 Å². The second-order valence-electron chi connectivity index (χ2n) is 6.98. The van der Waals surface area contributed by atoms with Crippen LogP contribution in [-0.2, 0) is 22.6 Å². The van der Waals surface area contributed by atoms with Crippen molar-refractivity contribution in [2.75, 3.05) is 19.6 Å². The number of carbonyl (C=O) groups excluding carboxylic acids is 2. The van der Waals surface area contributed by atoms with Crippen molar-refractivity contribution in [2.24, 2.45) is 0 Å². The molecule has 1 unspecified atom stereocenters. The molecule has 8 heteroatoms. The fourth-order valence-corrected chi connectivity index (χ4v) is 4.70. The monoisotopic (exact) mass is 416 g/mol. The maximum absolute atomic E-state index is 12.6. The highest BCUT2D eigenvalue weighted by Gasteiger charge is 2.29. The summed E-state index contributed by atoms with van der Waals surface area (Å²) in [5, 5.41) is 1.06. The van der Waals surface area contributed by atoms with Crippen molar-refractivity contribution >= 4 is 46.0 Å².